The standard InChI is InChI=1S/C26H28FNO2/c1-16(2)24-22(18(5)29)23(20-11-13-21(27)14-12-20)26(25(28-24)17(3)4)30-15-19-9-7-6-8-10-19/h6-14,16-17H,15H2,1-5H3. The summed E-state index contributed by atoms with van der Waals surface area (Å²) in [6.45, 7) is 10.1. The van der Waals surface area contributed by atoms with Crippen molar-refractivity contribution in [3.63, 3.8) is 0 Å². The van der Waals surface area contributed by atoms with E-state index in [1.54, 1.807) is 19.1 Å². The normalized spacial score (nSPS) is 11.2. The summed E-state index contributed by atoms with van der Waals surface area (Å²) >= 11 is 0. The SMILES string of the molecule is CC(=O)c1c(C(C)C)nc(C(C)C)c(OCc2ccccc2)c1-c1ccc(F)cc1. The summed E-state index contributed by atoms with van der Waals surface area (Å²) < 4.78 is 20.0. The number of benzene rings is 2. The number of hydrogen-bond acceptors (Lipinski definition) is 3. The highest BCUT2D eigenvalue weighted by molar-refractivity contribution is 6.03. The molecule has 3 rings (SSSR count). The van der Waals surface area contributed by atoms with E-state index in [0.717, 1.165) is 22.5 Å². The Balaban J connectivity index is 2.29. The van der Waals surface area contributed by atoms with Gasteiger partial charge in [0.15, 0.2) is 5.78 Å². The minimum absolute atomic E-state index is 0.0590. The molecule has 1 heterocycles. The second kappa shape index (κ2) is 9.21. The molecule has 156 valence electrons. The van der Waals surface area contributed by atoms with Crippen LogP contribution in [-0.4, -0.2) is 10.8 Å². The van der Waals surface area contributed by atoms with Crippen LogP contribution in [0.2, 0.25) is 0 Å². The third-order valence-corrected chi connectivity index (χ3v) is 5.01. The number of ketones is 1. The maximum Gasteiger partial charge on any atom is 0.162 e. The number of pyridine rings is 1. The zero-order valence-corrected chi connectivity index (χ0v) is 18.2. The van der Waals surface area contributed by atoms with Crippen LogP contribution in [0, 0.1) is 5.82 Å². The van der Waals surface area contributed by atoms with Gasteiger partial charge < -0.3 is 4.74 Å². The van der Waals surface area contributed by atoms with Crippen molar-refractivity contribution in [3.05, 3.63) is 82.9 Å². The van der Waals surface area contributed by atoms with Crippen LogP contribution >= 0.6 is 0 Å². The van der Waals surface area contributed by atoms with E-state index in [-0.39, 0.29) is 23.4 Å². The first-order valence-electron chi connectivity index (χ1n) is 10.3. The number of halogens is 1. The molecule has 0 N–H and O–H groups in total. The number of carbonyl (C=O) groups excluding carboxylic acids is 1. The molecule has 0 spiro atoms. The number of nitrogens with zero attached hydrogens (tertiary/aromatic N) is 1. The van der Waals surface area contributed by atoms with Crippen LogP contribution in [-0.2, 0) is 6.61 Å². The Bertz CT molecular complexity index is 1030. The Hall–Kier alpha value is -3.01. The lowest BCUT2D eigenvalue weighted by Gasteiger charge is -2.24. The molecule has 0 amide bonds. The van der Waals surface area contributed by atoms with Crippen molar-refractivity contribution in [1.82, 2.24) is 4.98 Å². The summed E-state index contributed by atoms with van der Waals surface area (Å²) in [6, 6.07) is 16.1. The minimum atomic E-state index is -0.322. The summed E-state index contributed by atoms with van der Waals surface area (Å²) in [7, 11) is 0. The molecule has 3 nitrogen and oxygen atoms in total. The summed E-state index contributed by atoms with van der Waals surface area (Å²) in [4.78, 5) is 17.7. The highest BCUT2D eigenvalue weighted by atomic mass is 19.1. The van der Waals surface area contributed by atoms with Crippen LogP contribution < -0.4 is 4.74 Å². The lowest BCUT2D eigenvalue weighted by Crippen LogP contribution is -2.13. The Labute approximate surface area is 177 Å². The van der Waals surface area contributed by atoms with Crippen LogP contribution in [0.25, 0.3) is 11.1 Å². The number of carbonyl (C=O) groups is 1. The summed E-state index contributed by atoms with van der Waals surface area (Å²) in [5, 5.41) is 0. The van der Waals surface area contributed by atoms with Crippen molar-refractivity contribution in [2.45, 2.75) is 53.1 Å². The topological polar surface area (TPSA) is 39.2 Å². The fraction of sp³-hybridized carbons (Fsp3) is 0.308. The highest BCUT2D eigenvalue weighted by Crippen LogP contribution is 2.42. The molecule has 4 heteroatoms. The number of rotatable bonds is 7. The molecule has 3 aromatic rings. The van der Waals surface area contributed by atoms with Crippen LogP contribution in [0.3, 0.4) is 0 Å². The van der Waals surface area contributed by atoms with E-state index in [1.807, 2.05) is 44.2 Å². The van der Waals surface area contributed by atoms with Gasteiger partial charge in [-0.2, -0.15) is 0 Å². The van der Waals surface area contributed by atoms with E-state index in [4.69, 9.17) is 9.72 Å². The third kappa shape index (κ3) is 4.59. The van der Waals surface area contributed by atoms with Gasteiger partial charge in [-0.25, -0.2) is 4.39 Å². The third-order valence-electron chi connectivity index (χ3n) is 5.01. The van der Waals surface area contributed by atoms with E-state index in [2.05, 4.69) is 13.8 Å². The van der Waals surface area contributed by atoms with Gasteiger partial charge in [0.1, 0.15) is 18.2 Å². The first-order valence-corrected chi connectivity index (χ1v) is 10.3. The van der Waals surface area contributed by atoms with Crippen molar-refractivity contribution in [2.24, 2.45) is 0 Å². The summed E-state index contributed by atoms with van der Waals surface area (Å²) in [6.07, 6.45) is 0. The minimum Gasteiger partial charge on any atom is -0.486 e. The van der Waals surface area contributed by atoms with Gasteiger partial charge in [0, 0.05) is 5.56 Å². The summed E-state index contributed by atoms with van der Waals surface area (Å²) in [5.41, 5.74) is 4.56. The van der Waals surface area contributed by atoms with Gasteiger partial charge in [0.25, 0.3) is 0 Å². The number of hydrogen-bond donors (Lipinski definition) is 0. The van der Waals surface area contributed by atoms with Gasteiger partial charge in [-0.3, -0.25) is 9.78 Å². The van der Waals surface area contributed by atoms with Crippen LogP contribution in [0.1, 0.15) is 73.8 Å². The first kappa shape index (κ1) is 21.7. The molecule has 0 aliphatic rings. The van der Waals surface area contributed by atoms with Gasteiger partial charge in [-0.05, 0) is 42.0 Å². The molecule has 0 saturated carbocycles. The van der Waals surface area contributed by atoms with Gasteiger partial charge in [0.05, 0.1) is 17.0 Å². The number of aromatic nitrogens is 1. The first-order chi connectivity index (χ1) is 14.3. The van der Waals surface area contributed by atoms with Crippen molar-refractivity contribution in [3.8, 4) is 16.9 Å². The molecule has 0 aliphatic carbocycles. The Morgan fingerprint density at radius 3 is 2.07 bits per heavy atom. The fourth-order valence-electron chi connectivity index (χ4n) is 3.54. The van der Waals surface area contributed by atoms with Crippen molar-refractivity contribution in [1.29, 1.82) is 0 Å². The average molecular weight is 406 g/mol. The van der Waals surface area contributed by atoms with Gasteiger partial charge in [-0.15, -0.1) is 0 Å². The molecule has 0 fully saturated rings. The molecular weight excluding hydrogens is 377 g/mol. The van der Waals surface area contributed by atoms with Crippen LogP contribution in [0.4, 0.5) is 4.39 Å². The molecule has 0 saturated heterocycles. The van der Waals surface area contributed by atoms with Crippen molar-refractivity contribution < 1.29 is 13.9 Å². The molecule has 2 aromatic carbocycles. The molecule has 0 bridgehead atoms. The lowest BCUT2D eigenvalue weighted by atomic mass is 9.89. The van der Waals surface area contributed by atoms with Gasteiger partial charge >= 0.3 is 0 Å². The molecule has 30 heavy (non-hydrogen) atoms. The van der Waals surface area contributed by atoms with E-state index < -0.39 is 0 Å². The largest absolute Gasteiger partial charge is 0.486 e. The maximum absolute atomic E-state index is 13.6. The molecular formula is C26H28FNO2. The monoisotopic (exact) mass is 405 g/mol. The molecule has 1 aromatic heterocycles. The molecule has 0 radical (unpaired) electrons. The zero-order chi connectivity index (χ0) is 21.8. The highest BCUT2D eigenvalue weighted by Gasteiger charge is 2.27. The molecule has 0 aliphatic heterocycles. The predicted octanol–water partition coefficient (Wildman–Crippen LogP) is 6.92. The fourth-order valence-corrected chi connectivity index (χ4v) is 3.54. The Kier molecular flexibility index (Phi) is 6.66. The number of Topliss-reactive ketones (excluding diaryl/α,β-unsaturated/α-hetero) is 1. The smallest absolute Gasteiger partial charge is 0.162 e. The zero-order valence-electron chi connectivity index (χ0n) is 18.2. The number of ether oxygens (including phenoxy) is 1. The van der Waals surface area contributed by atoms with E-state index in [9.17, 15) is 9.18 Å². The second-order valence-corrected chi connectivity index (χ2v) is 8.11. The van der Waals surface area contributed by atoms with E-state index in [0.29, 0.717) is 23.5 Å². The quantitative estimate of drug-likeness (QED) is 0.401. The van der Waals surface area contributed by atoms with Crippen molar-refractivity contribution in [2.75, 3.05) is 0 Å². The Morgan fingerprint density at radius 2 is 1.53 bits per heavy atom. The van der Waals surface area contributed by atoms with Crippen LogP contribution in [0.5, 0.6) is 5.75 Å². The average Bonchev–Trinajstić information content (AvgIpc) is 2.72. The Morgan fingerprint density at radius 1 is 0.933 bits per heavy atom. The second-order valence-electron chi connectivity index (χ2n) is 8.11. The van der Waals surface area contributed by atoms with Crippen molar-refractivity contribution >= 4 is 5.78 Å². The predicted molar refractivity (Wildman–Crippen MR) is 119 cm³/mol. The maximum atomic E-state index is 13.6. The lowest BCUT2D eigenvalue weighted by molar-refractivity contribution is 0.101. The molecule has 0 atom stereocenters. The van der Waals surface area contributed by atoms with Crippen LogP contribution in [0.15, 0.2) is 54.6 Å². The van der Waals surface area contributed by atoms with Gasteiger partial charge in [0.2, 0.25) is 0 Å². The van der Waals surface area contributed by atoms with E-state index >= 15 is 0 Å². The molecule has 0 unspecified atom stereocenters. The van der Waals surface area contributed by atoms with Gasteiger partial charge in [-0.1, -0.05) is 70.2 Å². The summed E-state index contributed by atoms with van der Waals surface area (Å²) in [5.74, 6) is 0.342. The van der Waals surface area contributed by atoms with E-state index in [1.165, 1.54) is 12.1 Å².